The SMILES string of the molecule is Cc1cnc(NC(=O)[C@H](NC(=O)C23CC4CC(CC(C4)C2)C3)C(C)C)[nH]1. The maximum atomic E-state index is 13.3. The molecule has 0 spiro atoms. The number of hydrogen-bond acceptors (Lipinski definition) is 3. The lowest BCUT2D eigenvalue weighted by molar-refractivity contribution is -0.148. The number of H-pyrrole nitrogens is 1. The summed E-state index contributed by atoms with van der Waals surface area (Å²) in [5.41, 5.74) is 0.655. The summed E-state index contributed by atoms with van der Waals surface area (Å²) in [6, 6.07) is -0.541. The number of carbonyl (C=O) groups excluding carboxylic acids is 2. The molecule has 5 rings (SSSR count). The van der Waals surface area contributed by atoms with Crippen LogP contribution >= 0.6 is 0 Å². The van der Waals surface area contributed by atoms with Crippen molar-refractivity contribution in [3.8, 4) is 0 Å². The molecule has 0 aliphatic heterocycles. The minimum Gasteiger partial charge on any atom is -0.344 e. The second-order valence-electron chi connectivity index (χ2n) is 9.30. The van der Waals surface area contributed by atoms with Gasteiger partial charge in [-0.1, -0.05) is 13.8 Å². The van der Waals surface area contributed by atoms with Crippen molar-refractivity contribution in [2.45, 2.75) is 65.3 Å². The zero-order valence-electron chi connectivity index (χ0n) is 16.0. The van der Waals surface area contributed by atoms with Crippen LogP contribution in [-0.4, -0.2) is 27.8 Å². The van der Waals surface area contributed by atoms with E-state index in [1.807, 2.05) is 20.8 Å². The Morgan fingerprint density at radius 3 is 2.19 bits per heavy atom. The number of nitrogens with one attached hydrogen (secondary N) is 3. The lowest BCUT2D eigenvalue weighted by Gasteiger charge is -2.55. The summed E-state index contributed by atoms with van der Waals surface area (Å²) in [4.78, 5) is 33.1. The Morgan fingerprint density at radius 2 is 1.73 bits per heavy atom. The summed E-state index contributed by atoms with van der Waals surface area (Å²) in [6.45, 7) is 5.83. The van der Waals surface area contributed by atoms with Crippen LogP contribution in [0.4, 0.5) is 5.95 Å². The molecule has 0 saturated heterocycles. The number of aromatic nitrogens is 2. The van der Waals surface area contributed by atoms with Gasteiger partial charge >= 0.3 is 0 Å². The van der Waals surface area contributed by atoms with Crippen molar-refractivity contribution in [3.05, 3.63) is 11.9 Å². The Labute approximate surface area is 154 Å². The van der Waals surface area contributed by atoms with Crippen LogP contribution in [0, 0.1) is 36.0 Å². The normalized spacial score (nSPS) is 33.3. The van der Waals surface area contributed by atoms with Crippen LogP contribution in [0.15, 0.2) is 6.20 Å². The third-order valence-electron chi connectivity index (χ3n) is 6.70. The summed E-state index contributed by atoms with van der Waals surface area (Å²) >= 11 is 0. The molecule has 142 valence electrons. The largest absolute Gasteiger partial charge is 0.344 e. The second kappa shape index (κ2) is 6.39. The predicted molar refractivity (Wildman–Crippen MR) is 99.3 cm³/mol. The third-order valence-corrected chi connectivity index (χ3v) is 6.70. The summed E-state index contributed by atoms with van der Waals surface area (Å²) in [5, 5.41) is 5.91. The molecule has 4 fully saturated rings. The number of aromatic amines is 1. The zero-order valence-corrected chi connectivity index (χ0v) is 16.0. The van der Waals surface area contributed by atoms with Crippen LogP contribution in [0.2, 0.25) is 0 Å². The van der Waals surface area contributed by atoms with Gasteiger partial charge in [-0.05, 0) is 69.1 Å². The van der Waals surface area contributed by atoms with Gasteiger partial charge in [-0.2, -0.15) is 0 Å². The van der Waals surface area contributed by atoms with E-state index in [0.29, 0.717) is 23.7 Å². The Kier molecular flexibility index (Phi) is 4.32. The van der Waals surface area contributed by atoms with Crippen molar-refractivity contribution in [2.75, 3.05) is 5.32 Å². The topological polar surface area (TPSA) is 86.9 Å². The molecular weight excluding hydrogens is 328 g/mol. The maximum Gasteiger partial charge on any atom is 0.249 e. The van der Waals surface area contributed by atoms with E-state index in [4.69, 9.17) is 0 Å². The van der Waals surface area contributed by atoms with Gasteiger partial charge in [0.15, 0.2) is 0 Å². The average Bonchev–Trinajstić information content (AvgIpc) is 2.95. The van der Waals surface area contributed by atoms with E-state index in [-0.39, 0.29) is 23.1 Å². The molecule has 1 atom stereocenters. The first-order valence-electron chi connectivity index (χ1n) is 9.98. The van der Waals surface area contributed by atoms with Gasteiger partial charge in [0, 0.05) is 17.3 Å². The molecule has 0 aromatic carbocycles. The van der Waals surface area contributed by atoms with E-state index in [1.165, 1.54) is 19.3 Å². The van der Waals surface area contributed by atoms with Crippen LogP contribution < -0.4 is 10.6 Å². The standard InChI is InChI=1S/C20H30N4O2/c1-11(2)16(17(25)24-19-21-10-12(3)22-19)23-18(26)20-7-13-4-14(8-20)6-15(5-13)9-20/h10-11,13-16H,4-9H2,1-3H3,(H,23,26)(H2,21,22,24,25)/t13?,14?,15?,16-,20?/m1/s1. The average molecular weight is 358 g/mol. The number of carbonyl (C=O) groups is 2. The Hall–Kier alpha value is -1.85. The molecule has 1 heterocycles. The molecule has 0 unspecified atom stereocenters. The molecule has 6 nitrogen and oxygen atoms in total. The molecule has 1 aromatic heterocycles. The van der Waals surface area contributed by atoms with E-state index in [1.54, 1.807) is 6.20 Å². The molecular formula is C20H30N4O2. The van der Waals surface area contributed by atoms with Crippen LogP contribution in [0.5, 0.6) is 0 Å². The first-order valence-corrected chi connectivity index (χ1v) is 9.98. The smallest absolute Gasteiger partial charge is 0.249 e. The zero-order chi connectivity index (χ0) is 18.5. The van der Waals surface area contributed by atoms with E-state index in [0.717, 1.165) is 25.0 Å². The fourth-order valence-electron chi connectivity index (χ4n) is 5.89. The highest BCUT2D eigenvalue weighted by atomic mass is 16.2. The highest BCUT2D eigenvalue weighted by molar-refractivity contribution is 5.97. The molecule has 2 amide bonds. The highest BCUT2D eigenvalue weighted by Crippen LogP contribution is 2.60. The fourth-order valence-corrected chi connectivity index (χ4v) is 5.89. The monoisotopic (exact) mass is 358 g/mol. The number of rotatable bonds is 5. The molecule has 1 aromatic rings. The number of hydrogen-bond donors (Lipinski definition) is 3. The number of imidazole rings is 1. The van der Waals surface area contributed by atoms with Crippen molar-refractivity contribution in [1.29, 1.82) is 0 Å². The van der Waals surface area contributed by atoms with Gasteiger partial charge in [0.25, 0.3) is 0 Å². The van der Waals surface area contributed by atoms with Gasteiger partial charge in [0.2, 0.25) is 17.8 Å². The number of amides is 2. The van der Waals surface area contributed by atoms with Gasteiger partial charge < -0.3 is 10.3 Å². The molecule has 4 saturated carbocycles. The molecule has 3 N–H and O–H groups in total. The first-order chi connectivity index (χ1) is 12.3. The minimum absolute atomic E-state index is 0.0175. The number of anilines is 1. The summed E-state index contributed by atoms with van der Waals surface area (Å²) in [6.07, 6.45) is 8.61. The van der Waals surface area contributed by atoms with Gasteiger partial charge in [-0.15, -0.1) is 0 Å². The minimum atomic E-state index is -0.541. The Morgan fingerprint density at radius 1 is 1.15 bits per heavy atom. The summed E-state index contributed by atoms with van der Waals surface area (Å²) in [5.74, 6) is 2.48. The number of aryl methyl sites for hydroxylation is 1. The van der Waals surface area contributed by atoms with Crippen LogP contribution in [0.3, 0.4) is 0 Å². The van der Waals surface area contributed by atoms with Crippen LogP contribution in [-0.2, 0) is 9.59 Å². The predicted octanol–water partition coefficient (Wildman–Crippen LogP) is 3.01. The first kappa shape index (κ1) is 17.6. The molecule has 6 heteroatoms. The fraction of sp³-hybridized carbons (Fsp3) is 0.750. The molecule has 4 aliphatic rings. The lowest BCUT2D eigenvalue weighted by atomic mass is 9.49. The van der Waals surface area contributed by atoms with Gasteiger partial charge in [0.05, 0.1) is 0 Å². The van der Waals surface area contributed by atoms with Gasteiger partial charge in [-0.3, -0.25) is 14.9 Å². The second-order valence-corrected chi connectivity index (χ2v) is 9.30. The summed E-state index contributed by atoms with van der Waals surface area (Å²) in [7, 11) is 0. The van der Waals surface area contributed by atoms with Crippen LogP contribution in [0.25, 0.3) is 0 Å². The van der Waals surface area contributed by atoms with E-state index in [2.05, 4.69) is 20.6 Å². The molecule has 26 heavy (non-hydrogen) atoms. The van der Waals surface area contributed by atoms with E-state index in [9.17, 15) is 9.59 Å². The quantitative estimate of drug-likeness (QED) is 0.756. The van der Waals surface area contributed by atoms with E-state index >= 15 is 0 Å². The summed E-state index contributed by atoms with van der Waals surface area (Å²) < 4.78 is 0. The Balaban J connectivity index is 1.46. The van der Waals surface area contributed by atoms with Crippen LogP contribution in [0.1, 0.15) is 58.1 Å². The Bertz CT molecular complexity index is 673. The molecule has 4 bridgehead atoms. The van der Waals surface area contributed by atoms with Gasteiger partial charge in [0.1, 0.15) is 6.04 Å². The van der Waals surface area contributed by atoms with Crippen molar-refractivity contribution in [3.63, 3.8) is 0 Å². The number of nitrogens with zero attached hydrogens (tertiary/aromatic N) is 1. The lowest BCUT2D eigenvalue weighted by Crippen LogP contribution is -2.57. The maximum absolute atomic E-state index is 13.3. The van der Waals surface area contributed by atoms with Crippen molar-refractivity contribution >= 4 is 17.8 Å². The van der Waals surface area contributed by atoms with Gasteiger partial charge in [-0.25, -0.2) is 4.98 Å². The van der Waals surface area contributed by atoms with Crippen molar-refractivity contribution in [1.82, 2.24) is 15.3 Å². The van der Waals surface area contributed by atoms with Crippen molar-refractivity contribution in [2.24, 2.45) is 29.1 Å². The molecule has 4 aliphatic carbocycles. The van der Waals surface area contributed by atoms with Crippen molar-refractivity contribution < 1.29 is 9.59 Å². The molecule has 0 radical (unpaired) electrons. The highest BCUT2D eigenvalue weighted by Gasteiger charge is 2.55. The third kappa shape index (κ3) is 3.14. The van der Waals surface area contributed by atoms with E-state index < -0.39 is 6.04 Å².